The molecule has 0 saturated carbocycles. The Labute approximate surface area is 136 Å². The molecule has 0 bridgehead atoms. The van der Waals surface area contributed by atoms with Crippen molar-refractivity contribution in [1.82, 2.24) is 10.2 Å². The van der Waals surface area contributed by atoms with Crippen molar-refractivity contribution in [1.29, 1.82) is 0 Å². The lowest BCUT2D eigenvalue weighted by Crippen LogP contribution is -2.47. The second kappa shape index (κ2) is 7.51. The normalized spacial score (nSPS) is 16.5. The smallest absolute Gasteiger partial charge is 0.269 e. The van der Waals surface area contributed by atoms with Gasteiger partial charge in [-0.15, -0.1) is 0 Å². The van der Waals surface area contributed by atoms with E-state index in [4.69, 9.17) is 12.2 Å². The maximum absolute atomic E-state index is 10.6. The Kier molecular flexibility index (Phi) is 5.68. The first-order valence-electron chi connectivity index (χ1n) is 7.51. The van der Waals surface area contributed by atoms with Gasteiger partial charge >= 0.3 is 0 Å². The number of non-ortho nitro benzene ring substituents is 1. The summed E-state index contributed by atoms with van der Waals surface area (Å²) in [4.78, 5) is 12.7. The summed E-state index contributed by atoms with van der Waals surface area (Å²) in [6, 6.07) is 7.22. The SMILES string of the molecule is CC(C)N1CCC(NC(=S)Nc2ccc([N+](=O)[O-])cc2)CC1. The molecule has 2 rings (SSSR count). The number of nitrogens with zero attached hydrogens (tertiary/aromatic N) is 2. The average Bonchev–Trinajstić information content (AvgIpc) is 2.48. The Morgan fingerprint density at radius 1 is 1.32 bits per heavy atom. The van der Waals surface area contributed by atoms with Crippen LogP contribution in [0.25, 0.3) is 0 Å². The van der Waals surface area contributed by atoms with Gasteiger partial charge in [0.1, 0.15) is 0 Å². The number of anilines is 1. The summed E-state index contributed by atoms with van der Waals surface area (Å²) in [6.45, 7) is 6.59. The van der Waals surface area contributed by atoms with Gasteiger partial charge in [-0.1, -0.05) is 0 Å². The highest BCUT2D eigenvalue weighted by atomic mass is 32.1. The maximum Gasteiger partial charge on any atom is 0.269 e. The fourth-order valence-electron chi connectivity index (χ4n) is 2.58. The van der Waals surface area contributed by atoms with Crippen LogP contribution < -0.4 is 10.6 Å². The van der Waals surface area contributed by atoms with E-state index in [1.165, 1.54) is 12.1 Å². The van der Waals surface area contributed by atoms with Crippen LogP contribution in [0.2, 0.25) is 0 Å². The molecule has 0 unspecified atom stereocenters. The minimum absolute atomic E-state index is 0.0745. The van der Waals surface area contributed by atoms with Gasteiger partial charge in [-0.25, -0.2) is 0 Å². The third-order valence-corrected chi connectivity index (χ3v) is 4.15. The predicted octanol–water partition coefficient (Wildman–Crippen LogP) is 2.75. The number of thiocarbonyl (C=S) groups is 1. The highest BCUT2D eigenvalue weighted by molar-refractivity contribution is 7.80. The van der Waals surface area contributed by atoms with Crippen LogP contribution in [0.5, 0.6) is 0 Å². The first kappa shape index (κ1) is 16.6. The molecular formula is C15H22N4O2S. The summed E-state index contributed by atoms with van der Waals surface area (Å²) >= 11 is 5.31. The van der Waals surface area contributed by atoms with Crippen LogP contribution in [-0.2, 0) is 0 Å². The molecule has 1 aromatic carbocycles. The topological polar surface area (TPSA) is 70.4 Å². The minimum Gasteiger partial charge on any atom is -0.360 e. The van der Waals surface area contributed by atoms with Gasteiger partial charge in [-0.2, -0.15) is 0 Å². The van der Waals surface area contributed by atoms with Crippen molar-refractivity contribution < 1.29 is 4.92 Å². The van der Waals surface area contributed by atoms with Crippen molar-refractivity contribution in [2.24, 2.45) is 0 Å². The van der Waals surface area contributed by atoms with E-state index in [9.17, 15) is 10.1 Å². The van der Waals surface area contributed by atoms with Crippen LogP contribution in [0.1, 0.15) is 26.7 Å². The quantitative estimate of drug-likeness (QED) is 0.505. The van der Waals surface area contributed by atoms with Crippen molar-refractivity contribution in [3.8, 4) is 0 Å². The van der Waals surface area contributed by atoms with E-state index in [0.717, 1.165) is 31.6 Å². The highest BCUT2D eigenvalue weighted by Crippen LogP contribution is 2.16. The number of nitrogens with one attached hydrogen (secondary N) is 2. The van der Waals surface area contributed by atoms with Crippen LogP contribution in [-0.4, -0.2) is 40.1 Å². The summed E-state index contributed by atoms with van der Waals surface area (Å²) < 4.78 is 0. The van der Waals surface area contributed by atoms with E-state index in [1.54, 1.807) is 12.1 Å². The van der Waals surface area contributed by atoms with E-state index in [2.05, 4.69) is 29.4 Å². The molecule has 22 heavy (non-hydrogen) atoms. The average molecular weight is 322 g/mol. The standard InChI is InChI=1S/C15H22N4O2S/c1-11(2)18-9-7-13(8-10-18)17-15(22)16-12-3-5-14(6-4-12)19(20)21/h3-6,11,13H,7-10H2,1-2H3,(H2,16,17,22). The summed E-state index contributed by atoms with van der Waals surface area (Å²) in [5, 5.41) is 17.6. The van der Waals surface area contributed by atoms with Gasteiger partial charge in [-0.3, -0.25) is 10.1 Å². The molecule has 7 heteroatoms. The Balaban J connectivity index is 1.80. The fraction of sp³-hybridized carbons (Fsp3) is 0.533. The van der Waals surface area contributed by atoms with Gasteiger partial charge in [0.2, 0.25) is 0 Å². The number of nitro groups is 1. The fourth-order valence-corrected chi connectivity index (χ4v) is 2.86. The van der Waals surface area contributed by atoms with Gasteiger partial charge in [-0.05, 0) is 51.0 Å². The number of hydrogen-bond donors (Lipinski definition) is 2. The lowest BCUT2D eigenvalue weighted by Gasteiger charge is -2.35. The largest absolute Gasteiger partial charge is 0.360 e. The molecule has 0 atom stereocenters. The molecule has 2 N–H and O–H groups in total. The lowest BCUT2D eigenvalue weighted by molar-refractivity contribution is -0.384. The Hall–Kier alpha value is -1.73. The zero-order chi connectivity index (χ0) is 16.1. The molecule has 1 heterocycles. The van der Waals surface area contributed by atoms with Crippen molar-refractivity contribution in [2.75, 3.05) is 18.4 Å². The van der Waals surface area contributed by atoms with Crippen molar-refractivity contribution in [2.45, 2.75) is 38.8 Å². The summed E-state index contributed by atoms with van der Waals surface area (Å²) in [7, 11) is 0. The molecule has 0 aromatic heterocycles. The monoisotopic (exact) mass is 322 g/mol. The van der Waals surface area contributed by atoms with Crippen LogP contribution >= 0.6 is 12.2 Å². The number of benzene rings is 1. The van der Waals surface area contributed by atoms with Gasteiger partial charge in [0.15, 0.2) is 5.11 Å². The summed E-state index contributed by atoms with van der Waals surface area (Å²) in [5.74, 6) is 0. The first-order chi connectivity index (χ1) is 10.5. The third kappa shape index (κ3) is 4.64. The van der Waals surface area contributed by atoms with Crippen molar-refractivity contribution >= 4 is 28.7 Å². The minimum atomic E-state index is -0.414. The number of rotatable bonds is 4. The third-order valence-electron chi connectivity index (χ3n) is 3.93. The van der Waals surface area contributed by atoms with E-state index in [-0.39, 0.29) is 5.69 Å². The van der Waals surface area contributed by atoms with Gasteiger partial charge < -0.3 is 15.5 Å². The van der Waals surface area contributed by atoms with Crippen molar-refractivity contribution in [3.63, 3.8) is 0 Å². The molecule has 120 valence electrons. The first-order valence-corrected chi connectivity index (χ1v) is 7.92. The van der Waals surface area contributed by atoms with E-state index in [1.807, 2.05) is 0 Å². The molecule has 1 aromatic rings. The van der Waals surface area contributed by atoms with E-state index in [0.29, 0.717) is 17.2 Å². The Morgan fingerprint density at radius 2 is 1.91 bits per heavy atom. The zero-order valence-corrected chi connectivity index (χ0v) is 13.7. The van der Waals surface area contributed by atoms with E-state index >= 15 is 0 Å². The van der Waals surface area contributed by atoms with Crippen LogP contribution in [0.3, 0.4) is 0 Å². The van der Waals surface area contributed by atoms with Gasteiger partial charge in [0.05, 0.1) is 4.92 Å². The molecule has 1 aliphatic rings. The molecule has 1 saturated heterocycles. The van der Waals surface area contributed by atoms with Crippen LogP contribution in [0.4, 0.5) is 11.4 Å². The molecule has 0 amide bonds. The van der Waals surface area contributed by atoms with Gasteiger partial charge in [0.25, 0.3) is 5.69 Å². The maximum atomic E-state index is 10.6. The second-order valence-corrected chi connectivity index (χ2v) is 6.21. The Morgan fingerprint density at radius 3 is 2.41 bits per heavy atom. The molecule has 0 aliphatic carbocycles. The molecule has 0 radical (unpaired) electrons. The number of likely N-dealkylation sites (tertiary alicyclic amines) is 1. The van der Waals surface area contributed by atoms with Crippen LogP contribution in [0, 0.1) is 10.1 Å². The number of hydrogen-bond acceptors (Lipinski definition) is 4. The zero-order valence-electron chi connectivity index (χ0n) is 12.9. The molecule has 6 nitrogen and oxygen atoms in total. The number of nitro benzene ring substituents is 1. The van der Waals surface area contributed by atoms with Crippen molar-refractivity contribution in [3.05, 3.63) is 34.4 Å². The lowest BCUT2D eigenvalue weighted by atomic mass is 10.0. The number of piperidine rings is 1. The molecular weight excluding hydrogens is 300 g/mol. The summed E-state index contributed by atoms with van der Waals surface area (Å²) in [6.07, 6.45) is 2.14. The van der Waals surface area contributed by atoms with Gasteiger partial charge in [0, 0.05) is 43.0 Å². The Bertz CT molecular complexity index is 525. The predicted molar refractivity (Wildman–Crippen MR) is 92.2 cm³/mol. The molecule has 1 aliphatic heterocycles. The molecule has 0 spiro atoms. The highest BCUT2D eigenvalue weighted by Gasteiger charge is 2.21. The summed E-state index contributed by atoms with van der Waals surface area (Å²) in [5.41, 5.74) is 0.827. The van der Waals surface area contributed by atoms with Crippen LogP contribution in [0.15, 0.2) is 24.3 Å². The second-order valence-electron chi connectivity index (χ2n) is 5.81. The van der Waals surface area contributed by atoms with E-state index < -0.39 is 4.92 Å². The molecule has 1 fully saturated rings.